The van der Waals surface area contributed by atoms with Crippen molar-refractivity contribution < 1.29 is 9.53 Å². The van der Waals surface area contributed by atoms with Crippen molar-refractivity contribution >= 4 is 16.8 Å². The number of para-hydroxylation sites is 1. The van der Waals surface area contributed by atoms with Crippen LogP contribution in [0.3, 0.4) is 0 Å². The molecule has 0 saturated carbocycles. The maximum absolute atomic E-state index is 12.3. The molecule has 0 aliphatic carbocycles. The highest BCUT2D eigenvalue weighted by molar-refractivity contribution is 5.78. The first-order chi connectivity index (χ1) is 11.7. The van der Waals surface area contributed by atoms with Gasteiger partial charge in [0.15, 0.2) is 0 Å². The van der Waals surface area contributed by atoms with Crippen LogP contribution < -0.4 is 10.9 Å². The Bertz CT molecular complexity index is 915. The first kappa shape index (κ1) is 15.9. The summed E-state index contributed by atoms with van der Waals surface area (Å²) in [6, 6.07) is 8.85. The molecule has 0 spiro atoms. The van der Waals surface area contributed by atoms with Gasteiger partial charge in [0.05, 0.1) is 41.8 Å². The van der Waals surface area contributed by atoms with Crippen LogP contribution in [0, 0.1) is 0 Å². The summed E-state index contributed by atoms with van der Waals surface area (Å²) < 4.78 is 6.27. The average Bonchev–Trinajstić information content (AvgIpc) is 3.04. The fraction of sp³-hybridized carbons (Fsp3) is 0.250. The van der Waals surface area contributed by atoms with Crippen molar-refractivity contribution in [2.24, 2.45) is 0 Å². The van der Waals surface area contributed by atoms with Crippen LogP contribution in [0.1, 0.15) is 11.4 Å². The van der Waals surface area contributed by atoms with Gasteiger partial charge < -0.3 is 10.1 Å². The SMILES string of the molecule is COCc1cc(CNC(=O)Cn2cnc3ccccc3c2=O)[nH]n1. The van der Waals surface area contributed by atoms with Gasteiger partial charge in [0, 0.05) is 7.11 Å². The molecule has 0 aliphatic rings. The fourth-order valence-electron chi connectivity index (χ4n) is 2.34. The lowest BCUT2D eigenvalue weighted by molar-refractivity contribution is -0.121. The van der Waals surface area contributed by atoms with Gasteiger partial charge in [-0.25, -0.2) is 4.98 Å². The van der Waals surface area contributed by atoms with E-state index in [0.29, 0.717) is 24.1 Å². The van der Waals surface area contributed by atoms with Crippen molar-refractivity contribution in [1.29, 1.82) is 0 Å². The summed E-state index contributed by atoms with van der Waals surface area (Å²) in [6.07, 6.45) is 1.39. The number of hydrogen-bond acceptors (Lipinski definition) is 5. The van der Waals surface area contributed by atoms with Crippen LogP contribution in [0.15, 0.2) is 41.5 Å². The molecular formula is C16H17N5O3. The van der Waals surface area contributed by atoms with E-state index in [-0.39, 0.29) is 18.0 Å². The minimum atomic E-state index is -0.280. The van der Waals surface area contributed by atoms with Crippen LogP contribution in [-0.2, 0) is 29.2 Å². The molecule has 0 aliphatic heterocycles. The van der Waals surface area contributed by atoms with Crippen molar-refractivity contribution in [3.8, 4) is 0 Å². The zero-order valence-electron chi connectivity index (χ0n) is 13.2. The van der Waals surface area contributed by atoms with Crippen molar-refractivity contribution in [1.82, 2.24) is 25.1 Å². The molecule has 8 nitrogen and oxygen atoms in total. The van der Waals surface area contributed by atoms with E-state index in [0.717, 1.165) is 11.4 Å². The van der Waals surface area contributed by atoms with Gasteiger partial charge >= 0.3 is 0 Å². The lowest BCUT2D eigenvalue weighted by Crippen LogP contribution is -2.32. The number of aromatic nitrogens is 4. The Morgan fingerprint density at radius 1 is 1.38 bits per heavy atom. The summed E-state index contributed by atoms with van der Waals surface area (Å²) in [5.74, 6) is -0.280. The van der Waals surface area contributed by atoms with Crippen molar-refractivity contribution in [3.63, 3.8) is 0 Å². The van der Waals surface area contributed by atoms with E-state index >= 15 is 0 Å². The van der Waals surface area contributed by atoms with Crippen molar-refractivity contribution in [3.05, 3.63) is 58.4 Å². The Kier molecular flexibility index (Phi) is 4.66. The van der Waals surface area contributed by atoms with Gasteiger partial charge in [0.2, 0.25) is 5.91 Å². The second-order valence-corrected chi connectivity index (χ2v) is 5.29. The number of amides is 1. The van der Waals surface area contributed by atoms with Crippen LogP contribution in [-0.4, -0.2) is 32.8 Å². The number of carbonyl (C=O) groups excluding carboxylic acids is 1. The number of carbonyl (C=O) groups is 1. The topological polar surface area (TPSA) is 102 Å². The molecule has 3 rings (SSSR count). The molecule has 3 aromatic rings. The first-order valence-corrected chi connectivity index (χ1v) is 7.40. The van der Waals surface area contributed by atoms with E-state index in [1.807, 2.05) is 12.1 Å². The van der Waals surface area contributed by atoms with E-state index in [1.54, 1.807) is 25.3 Å². The van der Waals surface area contributed by atoms with E-state index in [9.17, 15) is 9.59 Å². The zero-order chi connectivity index (χ0) is 16.9. The third kappa shape index (κ3) is 3.49. The number of methoxy groups -OCH3 is 1. The first-order valence-electron chi connectivity index (χ1n) is 7.40. The summed E-state index contributed by atoms with van der Waals surface area (Å²) in [6.45, 7) is 0.615. The molecule has 0 bridgehead atoms. The lowest BCUT2D eigenvalue weighted by atomic mass is 10.2. The van der Waals surface area contributed by atoms with Crippen molar-refractivity contribution in [2.75, 3.05) is 7.11 Å². The van der Waals surface area contributed by atoms with Gasteiger partial charge in [-0.3, -0.25) is 19.3 Å². The maximum atomic E-state index is 12.3. The molecule has 2 heterocycles. The van der Waals surface area contributed by atoms with Crippen molar-refractivity contribution in [2.45, 2.75) is 19.7 Å². The Morgan fingerprint density at radius 2 is 2.21 bits per heavy atom. The van der Waals surface area contributed by atoms with Gasteiger partial charge in [-0.15, -0.1) is 0 Å². The number of aromatic amines is 1. The number of fused-ring (bicyclic) bond motifs is 1. The monoisotopic (exact) mass is 327 g/mol. The number of hydrogen-bond donors (Lipinski definition) is 2. The summed E-state index contributed by atoms with van der Waals surface area (Å²) >= 11 is 0. The van der Waals surface area contributed by atoms with Gasteiger partial charge in [-0.1, -0.05) is 12.1 Å². The summed E-state index contributed by atoms with van der Waals surface area (Å²) in [5, 5.41) is 10.1. The Labute approximate surface area is 137 Å². The van der Waals surface area contributed by atoms with E-state index < -0.39 is 0 Å². The highest BCUT2D eigenvalue weighted by Gasteiger charge is 2.08. The molecule has 2 N–H and O–H groups in total. The smallest absolute Gasteiger partial charge is 0.261 e. The molecule has 0 radical (unpaired) electrons. The van der Waals surface area contributed by atoms with E-state index in [4.69, 9.17) is 4.74 Å². The van der Waals surface area contributed by atoms with Crippen LogP contribution in [0.2, 0.25) is 0 Å². The minimum Gasteiger partial charge on any atom is -0.378 e. The summed E-state index contributed by atoms with van der Waals surface area (Å²) in [7, 11) is 1.59. The quantitative estimate of drug-likeness (QED) is 0.689. The Balaban J connectivity index is 1.64. The predicted molar refractivity (Wildman–Crippen MR) is 87.2 cm³/mol. The Morgan fingerprint density at radius 3 is 3.04 bits per heavy atom. The largest absolute Gasteiger partial charge is 0.378 e. The van der Waals surface area contributed by atoms with E-state index in [1.165, 1.54) is 10.9 Å². The minimum absolute atomic E-state index is 0.0876. The average molecular weight is 327 g/mol. The van der Waals surface area contributed by atoms with E-state index in [2.05, 4.69) is 20.5 Å². The molecular weight excluding hydrogens is 310 g/mol. The molecule has 24 heavy (non-hydrogen) atoms. The van der Waals surface area contributed by atoms with Crippen LogP contribution in [0.4, 0.5) is 0 Å². The molecule has 2 aromatic heterocycles. The molecule has 0 unspecified atom stereocenters. The standard InChI is InChI=1S/C16H17N5O3/c1-24-9-12-6-11(19-20-12)7-17-15(22)8-21-10-18-14-5-3-2-4-13(14)16(21)23/h2-6,10H,7-9H2,1H3,(H,17,22)(H,19,20). The second kappa shape index (κ2) is 7.05. The fourth-order valence-corrected chi connectivity index (χ4v) is 2.34. The molecule has 124 valence electrons. The van der Waals surface area contributed by atoms with Crippen LogP contribution in [0.25, 0.3) is 10.9 Å². The molecule has 1 amide bonds. The normalized spacial score (nSPS) is 10.9. The third-order valence-corrected chi connectivity index (χ3v) is 3.50. The number of nitrogens with zero attached hydrogens (tertiary/aromatic N) is 3. The number of ether oxygens (including phenoxy) is 1. The number of H-pyrrole nitrogens is 1. The number of rotatable bonds is 6. The summed E-state index contributed by atoms with van der Waals surface area (Å²) in [4.78, 5) is 28.6. The Hall–Kier alpha value is -3.00. The third-order valence-electron chi connectivity index (χ3n) is 3.50. The predicted octanol–water partition coefficient (Wildman–Crippen LogP) is 0.582. The number of benzene rings is 1. The lowest BCUT2D eigenvalue weighted by Gasteiger charge is -2.07. The van der Waals surface area contributed by atoms with Gasteiger partial charge in [-0.05, 0) is 18.2 Å². The molecule has 8 heteroatoms. The molecule has 1 aromatic carbocycles. The molecule has 0 atom stereocenters. The van der Waals surface area contributed by atoms with Crippen LogP contribution in [0.5, 0.6) is 0 Å². The molecule has 0 saturated heterocycles. The molecule has 0 fully saturated rings. The van der Waals surface area contributed by atoms with Crippen LogP contribution >= 0.6 is 0 Å². The highest BCUT2D eigenvalue weighted by Crippen LogP contribution is 2.04. The van der Waals surface area contributed by atoms with Gasteiger partial charge in [0.25, 0.3) is 5.56 Å². The second-order valence-electron chi connectivity index (χ2n) is 5.29. The maximum Gasteiger partial charge on any atom is 0.261 e. The zero-order valence-corrected chi connectivity index (χ0v) is 13.2. The summed E-state index contributed by atoms with van der Waals surface area (Å²) in [5.41, 5.74) is 1.90. The van der Waals surface area contributed by atoms with Gasteiger partial charge in [0.1, 0.15) is 6.54 Å². The van der Waals surface area contributed by atoms with Gasteiger partial charge in [-0.2, -0.15) is 5.10 Å². The number of nitrogens with one attached hydrogen (secondary N) is 2. The highest BCUT2D eigenvalue weighted by atomic mass is 16.5.